The molecule has 0 N–H and O–H groups in total. The van der Waals surface area contributed by atoms with Crippen molar-refractivity contribution in [1.82, 2.24) is 19.2 Å². The quantitative estimate of drug-likeness (QED) is 0.725. The molecule has 1 aromatic rings. The van der Waals surface area contributed by atoms with Crippen LogP contribution < -0.4 is 0 Å². The summed E-state index contributed by atoms with van der Waals surface area (Å²) < 4.78 is 10.1. The first-order valence-electron chi connectivity index (χ1n) is 5.52. The summed E-state index contributed by atoms with van der Waals surface area (Å²) in [6, 6.07) is 0. The highest BCUT2D eigenvalue weighted by atomic mass is 32.1. The largest absolute Gasteiger partial charge is 0.373 e. The van der Waals surface area contributed by atoms with Crippen LogP contribution in [0.2, 0.25) is 0 Å². The number of hydrogen-bond acceptors (Lipinski definition) is 4. The van der Waals surface area contributed by atoms with Gasteiger partial charge in [-0.1, -0.05) is 0 Å². The van der Waals surface area contributed by atoms with Crippen molar-refractivity contribution < 1.29 is 4.74 Å². The number of nitrogens with zero attached hydrogens (tertiary/aromatic N) is 4. The lowest BCUT2D eigenvalue weighted by Crippen LogP contribution is -2.46. The molecule has 1 aliphatic heterocycles. The molecule has 16 heavy (non-hydrogen) atoms. The van der Waals surface area contributed by atoms with Crippen molar-refractivity contribution in [2.24, 2.45) is 7.05 Å². The third-order valence-corrected chi connectivity index (χ3v) is 3.21. The zero-order chi connectivity index (χ0) is 11.7. The van der Waals surface area contributed by atoms with Gasteiger partial charge in [0, 0.05) is 20.1 Å². The summed E-state index contributed by atoms with van der Waals surface area (Å²) in [5.41, 5.74) is 0. The van der Waals surface area contributed by atoms with Gasteiger partial charge in [0.2, 0.25) is 0 Å². The fraction of sp³-hybridized carbons (Fsp3) is 0.800. The maximum Gasteiger partial charge on any atom is 0.198 e. The third-order valence-electron chi connectivity index (χ3n) is 2.72. The highest BCUT2D eigenvalue weighted by Crippen LogP contribution is 2.11. The van der Waals surface area contributed by atoms with Gasteiger partial charge in [-0.25, -0.2) is 4.68 Å². The maximum absolute atomic E-state index is 5.69. The topological polar surface area (TPSA) is 35.2 Å². The zero-order valence-corrected chi connectivity index (χ0v) is 10.8. The van der Waals surface area contributed by atoms with Gasteiger partial charge in [-0.3, -0.25) is 4.90 Å². The summed E-state index contributed by atoms with van der Waals surface area (Å²) >= 11 is 5.26. The van der Waals surface area contributed by atoms with Gasteiger partial charge in [-0.05, 0) is 26.1 Å². The molecule has 1 fully saturated rings. The van der Waals surface area contributed by atoms with Crippen LogP contribution in [0, 0.1) is 4.77 Å². The molecular formula is C10H18N4OS. The van der Waals surface area contributed by atoms with E-state index in [1.807, 2.05) is 16.3 Å². The van der Waals surface area contributed by atoms with Crippen molar-refractivity contribution >= 4 is 12.2 Å². The Bertz CT molecular complexity index is 403. The Morgan fingerprint density at radius 1 is 1.44 bits per heavy atom. The van der Waals surface area contributed by atoms with E-state index >= 15 is 0 Å². The molecular weight excluding hydrogens is 224 g/mol. The Balaban J connectivity index is 2.04. The van der Waals surface area contributed by atoms with Gasteiger partial charge in [-0.15, -0.1) is 0 Å². The Morgan fingerprint density at radius 3 is 2.56 bits per heavy atom. The van der Waals surface area contributed by atoms with E-state index in [9.17, 15) is 0 Å². The molecule has 0 spiro atoms. The second kappa shape index (κ2) is 4.65. The highest BCUT2D eigenvalue weighted by Gasteiger charge is 2.22. The SMILES string of the molecule is C[C@H]1CN(Cn2ncn(C)c2=S)C[C@H](C)O1. The van der Waals surface area contributed by atoms with Crippen LogP contribution in [-0.4, -0.2) is 44.5 Å². The van der Waals surface area contributed by atoms with E-state index in [0.29, 0.717) is 0 Å². The Hall–Kier alpha value is -0.720. The molecule has 1 aliphatic rings. The number of rotatable bonds is 2. The molecule has 2 rings (SSSR count). The molecule has 0 saturated carbocycles. The van der Waals surface area contributed by atoms with Crippen LogP contribution in [0.4, 0.5) is 0 Å². The van der Waals surface area contributed by atoms with Crippen LogP contribution in [0.3, 0.4) is 0 Å². The fourth-order valence-corrected chi connectivity index (χ4v) is 2.26. The monoisotopic (exact) mass is 242 g/mol. The lowest BCUT2D eigenvalue weighted by Gasteiger charge is -2.34. The van der Waals surface area contributed by atoms with Crippen molar-refractivity contribution in [2.75, 3.05) is 13.1 Å². The average molecular weight is 242 g/mol. The van der Waals surface area contributed by atoms with Crippen LogP contribution in [0.5, 0.6) is 0 Å². The molecule has 0 aromatic carbocycles. The predicted octanol–water partition coefficient (Wildman–Crippen LogP) is 1.02. The normalized spacial score (nSPS) is 27.2. The summed E-state index contributed by atoms with van der Waals surface area (Å²) in [4.78, 5) is 2.32. The number of morpholine rings is 1. The van der Waals surface area contributed by atoms with Crippen LogP contribution in [0.25, 0.3) is 0 Å². The third kappa shape index (κ3) is 2.50. The summed E-state index contributed by atoms with van der Waals surface area (Å²) in [6.07, 6.45) is 2.30. The number of ether oxygens (including phenoxy) is 1. The average Bonchev–Trinajstić information content (AvgIpc) is 2.48. The van der Waals surface area contributed by atoms with Gasteiger partial charge in [0.05, 0.1) is 18.9 Å². The van der Waals surface area contributed by atoms with Crippen molar-refractivity contribution in [3.8, 4) is 0 Å². The first-order valence-corrected chi connectivity index (χ1v) is 5.93. The summed E-state index contributed by atoms with van der Waals surface area (Å²) in [6.45, 7) is 6.81. The lowest BCUT2D eigenvalue weighted by atomic mass is 10.2. The molecule has 0 bridgehead atoms. The fourth-order valence-electron chi connectivity index (χ4n) is 2.11. The first kappa shape index (κ1) is 11.8. The minimum absolute atomic E-state index is 0.279. The van der Waals surface area contributed by atoms with Gasteiger partial charge in [0.1, 0.15) is 6.33 Å². The van der Waals surface area contributed by atoms with Gasteiger partial charge < -0.3 is 9.30 Å². The first-order chi connectivity index (χ1) is 7.56. The van der Waals surface area contributed by atoms with Crippen LogP contribution >= 0.6 is 12.2 Å². The molecule has 0 amide bonds. The van der Waals surface area contributed by atoms with Gasteiger partial charge >= 0.3 is 0 Å². The molecule has 1 saturated heterocycles. The molecule has 0 unspecified atom stereocenters. The second-order valence-corrected chi connectivity index (χ2v) is 4.82. The van der Waals surface area contributed by atoms with E-state index in [2.05, 4.69) is 23.8 Å². The van der Waals surface area contributed by atoms with Crippen LogP contribution in [-0.2, 0) is 18.5 Å². The smallest absolute Gasteiger partial charge is 0.198 e. The Kier molecular flexibility index (Phi) is 3.41. The zero-order valence-electron chi connectivity index (χ0n) is 9.96. The van der Waals surface area contributed by atoms with Crippen LogP contribution in [0.15, 0.2) is 6.33 Å². The maximum atomic E-state index is 5.69. The molecule has 2 atom stereocenters. The molecule has 90 valence electrons. The van der Waals surface area contributed by atoms with E-state index in [1.165, 1.54) is 0 Å². The predicted molar refractivity (Wildman–Crippen MR) is 63.6 cm³/mol. The molecule has 0 aliphatic carbocycles. The van der Waals surface area contributed by atoms with Crippen molar-refractivity contribution in [1.29, 1.82) is 0 Å². The molecule has 1 aromatic heterocycles. The molecule has 5 nitrogen and oxygen atoms in total. The van der Waals surface area contributed by atoms with E-state index in [4.69, 9.17) is 17.0 Å². The van der Waals surface area contributed by atoms with E-state index < -0.39 is 0 Å². The Labute approximate surface area is 101 Å². The minimum atomic E-state index is 0.279. The summed E-state index contributed by atoms with van der Waals surface area (Å²) in [7, 11) is 1.91. The van der Waals surface area contributed by atoms with Gasteiger partial charge in [0.15, 0.2) is 4.77 Å². The number of hydrogen-bond donors (Lipinski definition) is 0. The Morgan fingerprint density at radius 2 is 2.06 bits per heavy atom. The van der Waals surface area contributed by atoms with Gasteiger partial charge in [0.25, 0.3) is 0 Å². The van der Waals surface area contributed by atoms with Crippen molar-refractivity contribution in [2.45, 2.75) is 32.7 Å². The van der Waals surface area contributed by atoms with Crippen molar-refractivity contribution in [3.05, 3.63) is 11.1 Å². The number of aryl methyl sites for hydroxylation is 1. The van der Waals surface area contributed by atoms with Crippen molar-refractivity contribution in [3.63, 3.8) is 0 Å². The molecule has 2 heterocycles. The van der Waals surface area contributed by atoms with Crippen LogP contribution in [0.1, 0.15) is 13.8 Å². The van der Waals surface area contributed by atoms with E-state index in [0.717, 1.165) is 24.5 Å². The second-order valence-electron chi connectivity index (χ2n) is 4.46. The summed E-state index contributed by atoms with van der Waals surface area (Å²) in [5, 5.41) is 4.25. The standard InChI is InChI=1S/C10H18N4OS/c1-8-4-13(5-9(2)15-8)7-14-10(16)12(3)6-11-14/h6,8-9H,4-5,7H2,1-3H3/t8-,9-/m0/s1. The molecule has 6 heteroatoms. The molecule has 0 radical (unpaired) electrons. The number of aromatic nitrogens is 3. The van der Waals surface area contributed by atoms with E-state index in [-0.39, 0.29) is 12.2 Å². The minimum Gasteiger partial charge on any atom is -0.373 e. The lowest BCUT2D eigenvalue weighted by molar-refractivity contribution is -0.0777. The van der Waals surface area contributed by atoms with Gasteiger partial charge in [-0.2, -0.15) is 5.10 Å². The summed E-state index contributed by atoms with van der Waals surface area (Å²) in [5.74, 6) is 0. The highest BCUT2D eigenvalue weighted by molar-refractivity contribution is 7.71. The van der Waals surface area contributed by atoms with E-state index in [1.54, 1.807) is 6.33 Å².